The van der Waals surface area contributed by atoms with Crippen LogP contribution in [0.4, 0.5) is 4.39 Å². The molecular formula is C21H22FN5O2S. The number of pyridine rings is 1. The van der Waals surface area contributed by atoms with Crippen molar-refractivity contribution >= 4 is 17.7 Å². The van der Waals surface area contributed by atoms with E-state index in [1.54, 1.807) is 29.1 Å². The number of amides is 1. The minimum absolute atomic E-state index is 0.0159. The Kier molecular flexibility index (Phi) is 6.27. The van der Waals surface area contributed by atoms with Crippen molar-refractivity contribution in [2.24, 2.45) is 0 Å². The highest BCUT2D eigenvalue weighted by molar-refractivity contribution is 8.00. The zero-order chi connectivity index (χ0) is 20.9. The first-order valence-electron chi connectivity index (χ1n) is 9.81. The van der Waals surface area contributed by atoms with E-state index in [2.05, 4.69) is 15.4 Å². The van der Waals surface area contributed by atoms with Gasteiger partial charge in [-0.1, -0.05) is 12.1 Å². The van der Waals surface area contributed by atoms with Crippen molar-refractivity contribution in [3.63, 3.8) is 0 Å². The number of benzene rings is 1. The third kappa shape index (κ3) is 4.96. The number of nitrogens with one attached hydrogen (secondary N) is 1. The Balaban J connectivity index is 1.33. The minimum atomic E-state index is -0.306. The van der Waals surface area contributed by atoms with Gasteiger partial charge in [0.15, 0.2) is 0 Å². The van der Waals surface area contributed by atoms with Crippen LogP contribution in [-0.4, -0.2) is 37.0 Å². The van der Waals surface area contributed by atoms with Gasteiger partial charge in [-0.05, 0) is 42.7 Å². The molecule has 0 radical (unpaired) electrons. The van der Waals surface area contributed by atoms with E-state index in [1.165, 1.54) is 28.6 Å². The summed E-state index contributed by atoms with van der Waals surface area (Å²) in [6.45, 7) is 0.825. The van der Waals surface area contributed by atoms with Gasteiger partial charge in [-0.2, -0.15) is 5.10 Å². The number of carbonyl (C=O) groups excluding carboxylic acids is 1. The second-order valence-electron chi connectivity index (χ2n) is 7.20. The number of thioether (sulfide) groups is 1. The number of nitrogens with zero attached hydrogens (tertiary/aromatic N) is 4. The molecule has 7 nitrogen and oxygen atoms in total. The fraction of sp³-hybridized carbons (Fsp3) is 0.333. The van der Waals surface area contributed by atoms with Gasteiger partial charge in [0.1, 0.15) is 11.6 Å². The number of fused-ring (bicyclic) bond motifs is 1. The van der Waals surface area contributed by atoms with E-state index in [1.807, 2.05) is 12.1 Å². The van der Waals surface area contributed by atoms with Gasteiger partial charge in [0.25, 0.3) is 0 Å². The quantitative estimate of drug-likeness (QED) is 0.610. The van der Waals surface area contributed by atoms with Crippen molar-refractivity contribution in [1.82, 2.24) is 24.6 Å². The first kappa shape index (κ1) is 20.3. The Bertz CT molecular complexity index is 1070. The summed E-state index contributed by atoms with van der Waals surface area (Å²) in [7, 11) is 0. The summed E-state index contributed by atoms with van der Waals surface area (Å²) in [6.07, 6.45) is 5.44. The van der Waals surface area contributed by atoms with Gasteiger partial charge >= 0.3 is 5.69 Å². The van der Waals surface area contributed by atoms with Gasteiger partial charge in [0.05, 0.1) is 12.3 Å². The Morgan fingerprint density at radius 2 is 1.93 bits per heavy atom. The van der Waals surface area contributed by atoms with Crippen LogP contribution in [0.2, 0.25) is 0 Å². The molecule has 156 valence electrons. The van der Waals surface area contributed by atoms with Crippen molar-refractivity contribution in [2.75, 3.05) is 5.75 Å². The van der Waals surface area contributed by atoms with Gasteiger partial charge in [-0.15, -0.1) is 11.8 Å². The predicted octanol–water partition coefficient (Wildman–Crippen LogP) is 2.24. The monoisotopic (exact) mass is 427 g/mol. The summed E-state index contributed by atoms with van der Waals surface area (Å²) in [6, 6.07) is 9.83. The van der Waals surface area contributed by atoms with Crippen molar-refractivity contribution < 1.29 is 9.18 Å². The van der Waals surface area contributed by atoms with E-state index in [0.717, 1.165) is 22.7 Å². The lowest BCUT2D eigenvalue weighted by atomic mass is 10.1. The Hall–Kier alpha value is -2.94. The van der Waals surface area contributed by atoms with Crippen LogP contribution in [0.15, 0.2) is 58.5 Å². The molecule has 0 aliphatic carbocycles. The summed E-state index contributed by atoms with van der Waals surface area (Å²) in [5, 5.41) is 7.54. The smallest absolute Gasteiger partial charge is 0.346 e. The average molecular weight is 428 g/mol. The number of halogens is 1. The molecule has 1 aliphatic rings. The normalized spacial score (nSPS) is 16.0. The molecule has 0 spiro atoms. The van der Waals surface area contributed by atoms with Crippen LogP contribution >= 0.6 is 11.8 Å². The van der Waals surface area contributed by atoms with Crippen LogP contribution in [0, 0.1) is 5.82 Å². The Morgan fingerprint density at radius 1 is 1.17 bits per heavy atom. The molecule has 1 unspecified atom stereocenters. The fourth-order valence-electron chi connectivity index (χ4n) is 3.49. The van der Waals surface area contributed by atoms with Crippen molar-refractivity contribution in [2.45, 2.75) is 43.3 Å². The maximum Gasteiger partial charge on any atom is 0.346 e. The maximum atomic E-state index is 13.1. The van der Waals surface area contributed by atoms with E-state index >= 15 is 0 Å². The zero-order valence-electron chi connectivity index (χ0n) is 16.3. The van der Waals surface area contributed by atoms with E-state index in [-0.39, 0.29) is 23.5 Å². The van der Waals surface area contributed by atoms with Crippen LogP contribution in [0.5, 0.6) is 0 Å². The molecule has 30 heavy (non-hydrogen) atoms. The van der Waals surface area contributed by atoms with E-state index in [4.69, 9.17) is 0 Å². The molecule has 1 amide bonds. The first-order valence-corrected chi connectivity index (χ1v) is 10.8. The second-order valence-corrected chi connectivity index (χ2v) is 8.25. The van der Waals surface area contributed by atoms with Crippen molar-refractivity contribution in [1.29, 1.82) is 0 Å². The van der Waals surface area contributed by atoms with Crippen LogP contribution in [0.25, 0.3) is 0 Å². The Labute approximate surface area is 177 Å². The minimum Gasteiger partial charge on any atom is -0.353 e. The van der Waals surface area contributed by atoms with E-state index in [9.17, 15) is 14.0 Å². The molecule has 3 aromatic rings. The molecule has 0 saturated carbocycles. The van der Waals surface area contributed by atoms with Crippen LogP contribution in [-0.2, 0) is 24.3 Å². The van der Waals surface area contributed by atoms with Gasteiger partial charge in [-0.3, -0.25) is 14.3 Å². The van der Waals surface area contributed by atoms with Crippen LogP contribution in [0.3, 0.4) is 0 Å². The maximum absolute atomic E-state index is 13.1. The molecule has 1 atom stereocenters. The SMILES string of the molecule is O=C(CSc1ccncc1)NC1CCc2nn(Cc3ccc(F)cc3)c(=O)n2CC1. The zero-order valence-corrected chi connectivity index (χ0v) is 17.1. The molecule has 2 aromatic heterocycles. The number of aromatic nitrogens is 4. The predicted molar refractivity (Wildman–Crippen MR) is 112 cm³/mol. The second kappa shape index (κ2) is 9.25. The van der Waals surface area contributed by atoms with Gasteiger partial charge < -0.3 is 5.32 Å². The topological polar surface area (TPSA) is 81.8 Å². The van der Waals surface area contributed by atoms with Crippen LogP contribution < -0.4 is 11.0 Å². The summed E-state index contributed by atoms with van der Waals surface area (Å²) >= 11 is 1.47. The third-order valence-electron chi connectivity index (χ3n) is 5.05. The third-order valence-corrected chi connectivity index (χ3v) is 6.06. The summed E-state index contributed by atoms with van der Waals surface area (Å²) < 4.78 is 16.2. The molecule has 4 rings (SSSR count). The molecular weight excluding hydrogens is 405 g/mol. The molecule has 1 aliphatic heterocycles. The van der Waals surface area contributed by atoms with Crippen LogP contribution in [0.1, 0.15) is 24.2 Å². The molecule has 3 heterocycles. The lowest BCUT2D eigenvalue weighted by Gasteiger charge is -2.15. The highest BCUT2D eigenvalue weighted by Crippen LogP contribution is 2.17. The van der Waals surface area contributed by atoms with Gasteiger partial charge in [0, 0.05) is 36.3 Å². The highest BCUT2D eigenvalue weighted by atomic mass is 32.2. The van der Waals surface area contributed by atoms with E-state index in [0.29, 0.717) is 31.7 Å². The molecule has 0 fully saturated rings. The lowest BCUT2D eigenvalue weighted by molar-refractivity contribution is -0.119. The number of hydrogen-bond donors (Lipinski definition) is 1. The molecule has 1 N–H and O–H groups in total. The summed E-state index contributed by atoms with van der Waals surface area (Å²) in [4.78, 5) is 30.0. The lowest BCUT2D eigenvalue weighted by Crippen LogP contribution is -2.36. The standard InChI is InChI=1S/C21H22FN5O2S/c22-16-3-1-15(2-4-16)13-27-21(29)26-12-9-17(5-6-19(26)25-27)24-20(28)14-30-18-7-10-23-11-8-18/h1-4,7-8,10-11,17H,5-6,9,12-14H2,(H,24,28). The number of hydrogen-bond acceptors (Lipinski definition) is 5. The molecule has 9 heteroatoms. The van der Waals surface area contributed by atoms with Gasteiger partial charge in [0.2, 0.25) is 5.91 Å². The van der Waals surface area contributed by atoms with Gasteiger partial charge in [-0.25, -0.2) is 13.9 Å². The largest absolute Gasteiger partial charge is 0.353 e. The van der Waals surface area contributed by atoms with Crippen molar-refractivity contribution in [3.8, 4) is 0 Å². The molecule has 0 saturated heterocycles. The summed E-state index contributed by atoms with van der Waals surface area (Å²) in [5.74, 6) is 0.745. The van der Waals surface area contributed by atoms with Crippen molar-refractivity contribution in [3.05, 3.63) is 76.5 Å². The fourth-order valence-corrected chi connectivity index (χ4v) is 4.19. The number of carbonyl (C=O) groups is 1. The highest BCUT2D eigenvalue weighted by Gasteiger charge is 2.22. The Morgan fingerprint density at radius 3 is 2.70 bits per heavy atom. The average Bonchev–Trinajstić information content (AvgIpc) is 2.92. The number of rotatable bonds is 6. The summed E-state index contributed by atoms with van der Waals surface area (Å²) in [5.41, 5.74) is 0.651. The van der Waals surface area contributed by atoms with E-state index < -0.39 is 0 Å². The first-order chi connectivity index (χ1) is 14.6. The molecule has 0 bridgehead atoms. The number of aryl methyl sites for hydroxylation is 1. The molecule has 1 aromatic carbocycles.